The number of benzene rings is 2. The highest BCUT2D eigenvalue weighted by molar-refractivity contribution is 5.75. The van der Waals surface area contributed by atoms with Gasteiger partial charge in [-0.1, -0.05) is 30.3 Å². The van der Waals surface area contributed by atoms with Crippen molar-refractivity contribution in [1.29, 1.82) is 0 Å². The zero-order valence-corrected chi connectivity index (χ0v) is 11.3. The maximum absolute atomic E-state index is 10.5. The molecule has 0 bridgehead atoms. The van der Waals surface area contributed by atoms with Crippen molar-refractivity contribution >= 4 is 11.0 Å². The second-order valence-corrected chi connectivity index (χ2v) is 4.85. The molecule has 0 aliphatic heterocycles. The Bertz CT molecular complexity index is 703. The number of nitrogens with one attached hydrogen (secondary N) is 2. The van der Waals surface area contributed by atoms with Gasteiger partial charge < -0.3 is 15.4 Å². The molecule has 0 saturated carbocycles. The third-order valence-electron chi connectivity index (χ3n) is 3.44. The van der Waals surface area contributed by atoms with Crippen molar-refractivity contribution in [2.75, 3.05) is 7.05 Å². The molecule has 4 nitrogen and oxygen atoms in total. The fraction of sp³-hybridized carbons (Fsp3) is 0.188. The van der Waals surface area contributed by atoms with E-state index in [1.165, 1.54) is 5.56 Å². The van der Waals surface area contributed by atoms with Crippen LogP contribution in [0.4, 0.5) is 0 Å². The zero-order valence-electron chi connectivity index (χ0n) is 11.3. The summed E-state index contributed by atoms with van der Waals surface area (Å²) in [7, 11) is 1.92. The molecule has 3 rings (SSSR count). The van der Waals surface area contributed by atoms with Crippen LogP contribution in [0.3, 0.4) is 0 Å². The topological polar surface area (TPSA) is 60.9 Å². The molecule has 0 amide bonds. The summed E-state index contributed by atoms with van der Waals surface area (Å²) in [5, 5.41) is 13.6. The van der Waals surface area contributed by atoms with Crippen molar-refractivity contribution in [3.63, 3.8) is 0 Å². The first kappa shape index (κ1) is 12.8. The van der Waals surface area contributed by atoms with Crippen LogP contribution in [0.1, 0.15) is 22.8 Å². The Morgan fingerprint density at radius 3 is 2.65 bits per heavy atom. The molecule has 3 aromatic rings. The van der Waals surface area contributed by atoms with Crippen LogP contribution in [0.25, 0.3) is 11.0 Å². The first-order chi connectivity index (χ1) is 9.78. The average Bonchev–Trinajstić information content (AvgIpc) is 2.95. The smallest absolute Gasteiger partial charge is 0.104 e. The summed E-state index contributed by atoms with van der Waals surface area (Å²) in [4.78, 5) is 7.24. The van der Waals surface area contributed by atoms with Crippen molar-refractivity contribution in [1.82, 2.24) is 15.3 Å². The molecule has 0 fully saturated rings. The van der Waals surface area contributed by atoms with E-state index in [1.807, 2.05) is 49.5 Å². The summed E-state index contributed by atoms with van der Waals surface area (Å²) in [6, 6.07) is 13.8. The van der Waals surface area contributed by atoms with Gasteiger partial charge in [-0.05, 0) is 35.9 Å². The van der Waals surface area contributed by atoms with Crippen LogP contribution in [0, 0.1) is 0 Å². The Morgan fingerprint density at radius 2 is 1.90 bits per heavy atom. The van der Waals surface area contributed by atoms with Gasteiger partial charge in [0.05, 0.1) is 17.4 Å². The van der Waals surface area contributed by atoms with Gasteiger partial charge in [-0.3, -0.25) is 0 Å². The van der Waals surface area contributed by atoms with Gasteiger partial charge in [0.25, 0.3) is 0 Å². The molecule has 1 heterocycles. The van der Waals surface area contributed by atoms with E-state index in [0.717, 1.165) is 28.7 Å². The van der Waals surface area contributed by atoms with Gasteiger partial charge in [0.2, 0.25) is 0 Å². The summed E-state index contributed by atoms with van der Waals surface area (Å²) < 4.78 is 0. The van der Waals surface area contributed by atoms with Crippen LogP contribution in [0.2, 0.25) is 0 Å². The first-order valence-electron chi connectivity index (χ1n) is 6.62. The number of aromatic amines is 1. The monoisotopic (exact) mass is 267 g/mol. The Morgan fingerprint density at radius 1 is 1.15 bits per heavy atom. The minimum Gasteiger partial charge on any atom is -0.384 e. The second-order valence-electron chi connectivity index (χ2n) is 4.85. The van der Waals surface area contributed by atoms with Gasteiger partial charge in [-0.25, -0.2) is 4.98 Å². The standard InChI is InChI=1S/C16H17N3O/c1-17-9-11-2-4-12(5-3-11)16(20)13-6-7-14-15(8-13)19-10-18-14/h2-8,10,16-17,20H,9H2,1H3,(H,18,19). The number of aliphatic hydroxyl groups is 1. The van der Waals surface area contributed by atoms with E-state index in [2.05, 4.69) is 15.3 Å². The summed E-state index contributed by atoms with van der Waals surface area (Å²) in [6.07, 6.45) is 1.04. The summed E-state index contributed by atoms with van der Waals surface area (Å²) in [6.45, 7) is 0.830. The average molecular weight is 267 g/mol. The third-order valence-corrected chi connectivity index (χ3v) is 3.44. The maximum atomic E-state index is 10.5. The predicted octanol–water partition coefficient (Wildman–Crippen LogP) is 2.36. The van der Waals surface area contributed by atoms with Crippen LogP contribution in [-0.4, -0.2) is 22.1 Å². The number of nitrogens with zero attached hydrogens (tertiary/aromatic N) is 1. The molecule has 0 radical (unpaired) electrons. The summed E-state index contributed by atoms with van der Waals surface area (Å²) in [5.41, 5.74) is 4.80. The maximum Gasteiger partial charge on any atom is 0.104 e. The Balaban J connectivity index is 1.88. The van der Waals surface area contributed by atoms with Gasteiger partial charge in [-0.15, -0.1) is 0 Å². The number of rotatable bonds is 4. The van der Waals surface area contributed by atoms with E-state index < -0.39 is 6.10 Å². The molecule has 0 aliphatic carbocycles. The molecule has 20 heavy (non-hydrogen) atoms. The van der Waals surface area contributed by atoms with Crippen molar-refractivity contribution in [2.24, 2.45) is 0 Å². The van der Waals surface area contributed by atoms with Gasteiger partial charge in [0, 0.05) is 6.54 Å². The number of imidazole rings is 1. The lowest BCUT2D eigenvalue weighted by Gasteiger charge is -2.12. The largest absolute Gasteiger partial charge is 0.384 e. The number of aromatic nitrogens is 2. The molecule has 102 valence electrons. The molecule has 0 spiro atoms. The van der Waals surface area contributed by atoms with Gasteiger partial charge in [-0.2, -0.15) is 0 Å². The molecular formula is C16H17N3O. The van der Waals surface area contributed by atoms with E-state index in [0.29, 0.717) is 0 Å². The third kappa shape index (κ3) is 2.43. The highest BCUT2D eigenvalue weighted by atomic mass is 16.3. The van der Waals surface area contributed by atoms with E-state index >= 15 is 0 Å². The summed E-state index contributed by atoms with van der Waals surface area (Å²) >= 11 is 0. The van der Waals surface area contributed by atoms with Crippen LogP contribution in [0.15, 0.2) is 48.8 Å². The van der Waals surface area contributed by atoms with Crippen molar-refractivity contribution in [3.05, 3.63) is 65.5 Å². The molecular weight excluding hydrogens is 250 g/mol. The number of hydrogen-bond acceptors (Lipinski definition) is 3. The van der Waals surface area contributed by atoms with E-state index in [-0.39, 0.29) is 0 Å². The lowest BCUT2D eigenvalue weighted by molar-refractivity contribution is 0.220. The quantitative estimate of drug-likeness (QED) is 0.680. The van der Waals surface area contributed by atoms with Crippen LogP contribution < -0.4 is 5.32 Å². The number of aliphatic hydroxyl groups excluding tert-OH is 1. The summed E-state index contributed by atoms with van der Waals surface area (Å²) in [5.74, 6) is 0. The Labute approximate surface area is 117 Å². The normalized spacial score (nSPS) is 12.7. The number of hydrogen-bond donors (Lipinski definition) is 3. The Hall–Kier alpha value is -2.17. The lowest BCUT2D eigenvalue weighted by Crippen LogP contribution is -2.05. The molecule has 1 unspecified atom stereocenters. The molecule has 3 N–H and O–H groups in total. The number of fused-ring (bicyclic) bond motifs is 1. The van der Waals surface area contributed by atoms with Gasteiger partial charge >= 0.3 is 0 Å². The molecule has 1 atom stereocenters. The highest BCUT2D eigenvalue weighted by Gasteiger charge is 2.11. The highest BCUT2D eigenvalue weighted by Crippen LogP contribution is 2.24. The molecule has 0 saturated heterocycles. The van der Waals surface area contributed by atoms with Crippen molar-refractivity contribution in [3.8, 4) is 0 Å². The zero-order chi connectivity index (χ0) is 13.9. The minimum atomic E-state index is -0.619. The first-order valence-corrected chi connectivity index (χ1v) is 6.62. The lowest BCUT2D eigenvalue weighted by atomic mass is 10.00. The van der Waals surface area contributed by atoms with Crippen LogP contribution in [0.5, 0.6) is 0 Å². The minimum absolute atomic E-state index is 0.619. The predicted molar refractivity (Wildman–Crippen MR) is 79.4 cm³/mol. The van der Waals surface area contributed by atoms with Crippen LogP contribution >= 0.6 is 0 Å². The van der Waals surface area contributed by atoms with Gasteiger partial charge in [0.1, 0.15) is 6.10 Å². The van der Waals surface area contributed by atoms with E-state index in [1.54, 1.807) is 6.33 Å². The Kier molecular flexibility index (Phi) is 3.50. The van der Waals surface area contributed by atoms with E-state index in [9.17, 15) is 5.11 Å². The fourth-order valence-corrected chi connectivity index (χ4v) is 2.34. The van der Waals surface area contributed by atoms with Crippen LogP contribution in [-0.2, 0) is 6.54 Å². The fourth-order valence-electron chi connectivity index (χ4n) is 2.34. The molecule has 4 heteroatoms. The molecule has 2 aromatic carbocycles. The van der Waals surface area contributed by atoms with E-state index in [4.69, 9.17) is 0 Å². The van der Waals surface area contributed by atoms with Gasteiger partial charge in [0.15, 0.2) is 0 Å². The van der Waals surface area contributed by atoms with Crippen molar-refractivity contribution in [2.45, 2.75) is 12.6 Å². The SMILES string of the molecule is CNCc1ccc(C(O)c2ccc3nc[nH]c3c2)cc1. The number of H-pyrrole nitrogens is 1. The second kappa shape index (κ2) is 5.45. The molecule has 1 aromatic heterocycles. The van der Waals surface area contributed by atoms with Crippen molar-refractivity contribution < 1.29 is 5.11 Å². The molecule has 0 aliphatic rings.